The van der Waals surface area contributed by atoms with Crippen LogP contribution in [0.3, 0.4) is 0 Å². The predicted octanol–water partition coefficient (Wildman–Crippen LogP) is 23.3. The van der Waals surface area contributed by atoms with Gasteiger partial charge in [-0.25, -0.2) is 0 Å². The number of allylic oxidation sites excluding steroid dienone is 8. The zero-order valence-corrected chi connectivity index (χ0v) is 51.7. The van der Waals surface area contributed by atoms with Gasteiger partial charge < -0.3 is 14.2 Å². The molecule has 0 bridgehead atoms. The Labute approximate surface area is 479 Å². The summed E-state index contributed by atoms with van der Waals surface area (Å²) in [6.07, 6.45) is 82.9. The van der Waals surface area contributed by atoms with Crippen LogP contribution in [0.2, 0.25) is 0 Å². The molecule has 0 saturated heterocycles. The normalized spacial score (nSPS) is 12.3. The molecule has 6 heteroatoms. The Balaban J connectivity index is 4.08. The highest BCUT2D eigenvalue weighted by Gasteiger charge is 2.19. The van der Waals surface area contributed by atoms with E-state index in [4.69, 9.17) is 14.2 Å². The minimum absolute atomic E-state index is 0.0709. The van der Waals surface area contributed by atoms with E-state index in [9.17, 15) is 14.4 Å². The van der Waals surface area contributed by atoms with E-state index in [2.05, 4.69) is 69.4 Å². The van der Waals surface area contributed by atoms with Gasteiger partial charge in [0, 0.05) is 19.3 Å². The molecular formula is C71H130O6. The van der Waals surface area contributed by atoms with Gasteiger partial charge in [-0.1, -0.05) is 313 Å². The molecule has 450 valence electrons. The number of rotatable bonds is 63. The first-order valence-electron chi connectivity index (χ1n) is 34.1. The highest BCUT2D eigenvalue weighted by Crippen LogP contribution is 2.18. The maximum Gasteiger partial charge on any atom is 0.306 e. The Morgan fingerprint density at radius 3 is 0.740 bits per heavy atom. The van der Waals surface area contributed by atoms with Crippen molar-refractivity contribution in [3.8, 4) is 0 Å². The number of carbonyl (C=O) groups is 3. The molecule has 0 aliphatic heterocycles. The summed E-state index contributed by atoms with van der Waals surface area (Å²) in [5, 5.41) is 0. The van der Waals surface area contributed by atoms with E-state index >= 15 is 0 Å². The first-order chi connectivity index (χ1) is 38.0. The first-order valence-corrected chi connectivity index (χ1v) is 34.1. The Bertz CT molecular complexity index is 1330. The molecule has 6 nitrogen and oxygen atoms in total. The standard InChI is InChI=1S/C71H130O6/c1-4-7-10-13-16-19-22-25-27-28-29-30-31-32-33-34-35-36-37-38-39-40-41-42-43-44-45-47-49-52-55-58-61-64-70(73)76-67-68(66-75-69(72)63-60-57-54-51-48-24-21-18-15-12-9-6-3)77-71(74)65-62-59-56-53-50-46-26-23-20-17-14-11-8-5-2/h22-23,25-26,28-29,31-32,68H,4-21,24,27,30,33-67H2,1-3H3/b25-22-,26-23-,29-28-,32-31-. The smallest absolute Gasteiger partial charge is 0.306 e. The SMILES string of the molecule is CCCCCCC/C=C\C/C=C\C/C=C\CCCCCCCCCCCCCCCCCCCCC(=O)OCC(COC(=O)CCCCCCCCCCCCCC)OC(=O)CCCCCCC/C=C\CCCCCCC. The topological polar surface area (TPSA) is 78.9 Å². The molecule has 0 aliphatic carbocycles. The summed E-state index contributed by atoms with van der Waals surface area (Å²) in [4.78, 5) is 38.2. The molecule has 0 spiro atoms. The third-order valence-electron chi connectivity index (χ3n) is 15.3. The first kappa shape index (κ1) is 74.4. The molecule has 0 fully saturated rings. The number of hydrogen-bond donors (Lipinski definition) is 0. The molecule has 0 aromatic heterocycles. The third kappa shape index (κ3) is 64.1. The fourth-order valence-electron chi connectivity index (χ4n) is 10.2. The van der Waals surface area contributed by atoms with Crippen LogP contribution in [0.4, 0.5) is 0 Å². The molecule has 0 aliphatic rings. The lowest BCUT2D eigenvalue weighted by atomic mass is 10.0. The number of esters is 3. The number of unbranched alkanes of at least 4 members (excludes halogenated alkanes) is 44. The Morgan fingerprint density at radius 2 is 0.468 bits per heavy atom. The van der Waals surface area contributed by atoms with Crippen molar-refractivity contribution in [2.45, 2.75) is 374 Å². The molecule has 1 unspecified atom stereocenters. The second-order valence-electron chi connectivity index (χ2n) is 23.1. The van der Waals surface area contributed by atoms with Gasteiger partial charge in [0.2, 0.25) is 0 Å². The molecule has 77 heavy (non-hydrogen) atoms. The van der Waals surface area contributed by atoms with Gasteiger partial charge in [-0.3, -0.25) is 14.4 Å². The average molecular weight is 1080 g/mol. The van der Waals surface area contributed by atoms with Gasteiger partial charge in [-0.05, 0) is 83.5 Å². The van der Waals surface area contributed by atoms with Crippen LogP contribution in [-0.4, -0.2) is 37.2 Å². The van der Waals surface area contributed by atoms with E-state index in [1.807, 2.05) is 0 Å². The van der Waals surface area contributed by atoms with Gasteiger partial charge in [0.25, 0.3) is 0 Å². The van der Waals surface area contributed by atoms with Crippen LogP contribution >= 0.6 is 0 Å². The summed E-state index contributed by atoms with van der Waals surface area (Å²) >= 11 is 0. The van der Waals surface area contributed by atoms with Crippen LogP contribution in [0.15, 0.2) is 48.6 Å². The summed E-state index contributed by atoms with van der Waals surface area (Å²) in [7, 11) is 0. The second kappa shape index (κ2) is 65.9. The van der Waals surface area contributed by atoms with Gasteiger partial charge in [0.05, 0.1) is 0 Å². The molecule has 0 radical (unpaired) electrons. The van der Waals surface area contributed by atoms with E-state index in [0.29, 0.717) is 19.3 Å². The second-order valence-corrected chi connectivity index (χ2v) is 23.1. The molecule has 0 heterocycles. The van der Waals surface area contributed by atoms with Crippen LogP contribution in [0.1, 0.15) is 367 Å². The minimum atomic E-state index is -0.773. The molecule has 0 saturated carbocycles. The average Bonchev–Trinajstić information content (AvgIpc) is 3.43. The monoisotopic (exact) mass is 1080 g/mol. The lowest BCUT2D eigenvalue weighted by molar-refractivity contribution is -0.167. The molecule has 0 aromatic carbocycles. The van der Waals surface area contributed by atoms with Crippen molar-refractivity contribution < 1.29 is 28.6 Å². The Morgan fingerprint density at radius 1 is 0.260 bits per heavy atom. The molecule has 0 aromatic rings. The van der Waals surface area contributed by atoms with Crippen molar-refractivity contribution in [1.82, 2.24) is 0 Å². The maximum atomic E-state index is 12.9. The van der Waals surface area contributed by atoms with Crippen molar-refractivity contribution >= 4 is 17.9 Å². The van der Waals surface area contributed by atoms with Crippen LogP contribution < -0.4 is 0 Å². The summed E-state index contributed by atoms with van der Waals surface area (Å²) in [5.41, 5.74) is 0. The number of carbonyl (C=O) groups excluding carboxylic acids is 3. The minimum Gasteiger partial charge on any atom is -0.462 e. The van der Waals surface area contributed by atoms with E-state index in [1.54, 1.807) is 0 Å². The highest BCUT2D eigenvalue weighted by atomic mass is 16.6. The van der Waals surface area contributed by atoms with Crippen molar-refractivity contribution in [3.05, 3.63) is 48.6 Å². The van der Waals surface area contributed by atoms with Crippen LogP contribution in [-0.2, 0) is 28.6 Å². The lowest BCUT2D eigenvalue weighted by Crippen LogP contribution is -2.30. The molecule has 0 rings (SSSR count). The van der Waals surface area contributed by atoms with Crippen molar-refractivity contribution in [2.24, 2.45) is 0 Å². The summed E-state index contributed by atoms with van der Waals surface area (Å²) in [6.45, 7) is 6.66. The van der Waals surface area contributed by atoms with E-state index in [1.165, 1.54) is 250 Å². The third-order valence-corrected chi connectivity index (χ3v) is 15.3. The fourth-order valence-corrected chi connectivity index (χ4v) is 10.2. The van der Waals surface area contributed by atoms with Crippen molar-refractivity contribution in [3.63, 3.8) is 0 Å². The van der Waals surface area contributed by atoms with Gasteiger partial charge >= 0.3 is 17.9 Å². The van der Waals surface area contributed by atoms with Crippen LogP contribution in [0.25, 0.3) is 0 Å². The van der Waals surface area contributed by atoms with Crippen LogP contribution in [0.5, 0.6) is 0 Å². The highest BCUT2D eigenvalue weighted by molar-refractivity contribution is 5.71. The Kier molecular flexibility index (Phi) is 63.6. The predicted molar refractivity (Wildman–Crippen MR) is 335 cm³/mol. The summed E-state index contributed by atoms with van der Waals surface area (Å²) < 4.78 is 16.9. The molecular weight excluding hydrogens is 949 g/mol. The molecule has 0 N–H and O–H groups in total. The fraction of sp³-hybridized carbons (Fsp3) is 0.845. The number of hydrogen-bond acceptors (Lipinski definition) is 6. The maximum absolute atomic E-state index is 12.9. The lowest BCUT2D eigenvalue weighted by Gasteiger charge is -2.18. The summed E-state index contributed by atoms with van der Waals surface area (Å²) in [6, 6.07) is 0. The zero-order chi connectivity index (χ0) is 55.7. The zero-order valence-electron chi connectivity index (χ0n) is 51.7. The quantitative estimate of drug-likeness (QED) is 0.0261. The van der Waals surface area contributed by atoms with Gasteiger partial charge in [0.1, 0.15) is 13.2 Å². The van der Waals surface area contributed by atoms with Crippen LogP contribution in [0, 0.1) is 0 Å². The van der Waals surface area contributed by atoms with Crippen molar-refractivity contribution in [1.29, 1.82) is 0 Å². The molecule has 0 amide bonds. The van der Waals surface area contributed by atoms with Gasteiger partial charge in [-0.2, -0.15) is 0 Å². The largest absolute Gasteiger partial charge is 0.462 e. The van der Waals surface area contributed by atoms with E-state index < -0.39 is 6.10 Å². The van der Waals surface area contributed by atoms with Crippen molar-refractivity contribution in [2.75, 3.05) is 13.2 Å². The summed E-state index contributed by atoms with van der Waals surface area (Å²) in [5.74, 6) is -0.858. The van der Waals surface area contributed by atoms with Gasteiger partial charge in [0.15, 0.2) is 6.10 Å². The molecule has 1 atom stereocenters. The number of ether oxygens (including phenoxy) is 3. The van der Waals surface area contributed by atoms with E-state index in [0.717, 1.165) is 77.0 Å². The Hall–Kier alpha value is -2.63. The van der Waals surface area contributed by atoms with E-state index in [-0.39, 0.29) is 31.1 Å². The van der Waals surface area contributed by atoms with Gasteiger partial charge in [-0.15, -0.1) is 0 Å².